The van der Waals surface area contributed by atoms with Crippen LogP contribution in [0.2, 0.25) is 0 Å². The Hall–Kier alpha value is -2.05. The highest BCUT2D eigenvalue weighted by Gasteiger charge is 2.01. The van der Waals surface area contributed by atoms with Crippen LogP contribution in [0, 0.1) is 5.82 Å². The van der Waals surface area contributed by atoms with E-state index in [0.29, 0.717) is 19.8 Å². The van der Waals surface area contributed by atoms with Gasteiger partial charge in [0.15, 0.2) is 0 Å². The maximum Gasteiger partial charge on any atom is 0.246 e. The molecule has 0 radical (unpaired) electrons. The number of carbonyl (C=O) groups excluding carboxylic acids is 1. The van der Waals surface area contributed by atoms with Crippen LogP contribution in [0.3, 0.4) is 0 Å². The molecular weight excluding hydrogens is 341 g/mol. The van der Waals surface area contributed by atoms with Crippen molar-refractivity contribution in [1.29, 1.82) is 0 Å². The normalized spacial score (nSPS) is 10.4. The summed E-state index contributed by atoms with van der Waals surface area (Å²) in [7, 11) is 0. The quantitative estimate of drug-likeness (QED) is 0.490. The number of halogens is 1. The minimum absolute atomic E-state index is 0.0310. The fourth-order valence-electron chi connectivity index (χ4n) is 1.97. The van der Waals surface area contributed by atoms with E-state index < -0.39 is 0 Å². The minimum Gasteiger partial charge on any atom is -0.491 e. The Morgan fingerprint density at radius 2 is 1.80 bits per heavy atom. The molecule has 6 heteroatoms. The zero-order valence-corrected chi connectivity index (χ0v) is 14.8. The van der Waals surface area contributed by atoms with Crippen LogP contribution in [0.5, 0.6) is 5.75 Å². The average molecular weight is 363 g/mol. The summed E-state index contributed by atoms with van der Waals surface area (Å²) in [6.07, 6.45) is 0.838. The fourth-order valence-corrected chi connectivity index (χ4v) is 2.82. The Kier molecular flexibility index (Phi) is 8.86. The first-order valence-electron chi connectivity index (χ1n) is 8.15. The van der Waals surface area contributed by atoms with Gasteiger partial charge in [0.2, 0.25) is 5.91 Å². The van der Waals surface area contributed by atoms with Gasteiger partial charge in [0.25, 0.3) is 0 Å². The Balaban J connectivity index is 1.44. The number of hydrogen-bond donors (Lipinski definition) is 1. The van der Waals surface area contributed by atoms with Gasteiger partial charge >= 0.3 is 0 Å². The monoisotopic (exact) mass is 363 g/mol. The third kappa shape index (κ3) is 8.56. The summed E-state index contributed by atoms with van der Waals surface area (Å²) < 4.78 is 23.5. The SMILES string of the molecule is O=C(COCCOc1ccccc1)NCCCSc1ccc(F)cc1. The van der Waals surface area contributed by atoms with Crippen LogP contribution in [0.25, 0.3) is 0 Å². The first-order valence-corrected chi connectivity index (χ1v) is 9.13. The van der Waals surface area contributed by atoms with Gasteiger partial charge in [-0.1, -0.05) is 18.2 Å². The fraction of sp³-hybridized carbons (Fsp3) is 0.316. The molecule has 0 aliphatic carbocycles. The molecule has 1 N–H and O–H groups in total. The molecule has 0 saturated heterocycles. The van der Waals surface area contributed by atoms with E-state index in [2.05, 4.69) is 5.32 Å². The highest BCUT2D eigenvalue weighted by Crippen LogP contribution is 2.18. The second-order valence-electron chi connectivity index (χ2n) is 5.22. The van der Waals surface area contributed by atoms with Crippen LogP contribution in [0.4, 0.5) is 4.39 Å². The minimum atomic E-state index is -0.231. The molecule has 1 amide bonds. The maximum absolute atomic E-state index is 12.8. The molecule has 4 nitrogen and oxygen atoms in total. The predicted molar refractivity (Wildman–Crippen MR) is 97.5 cm³/mol. The number of amides is 1. The van der Waals surface area contributed by atoms with Gasteiger partial charge in [-0.25, -0.2) is 4.39 Å². The molecule has 0 atom stereocenters. The zero-order valence-electron chi connectivity index (χ0n) is 13.9. The van der Waals surface area contributed by atoms with Crippen molar-refractivity contribution in [1.82, 2.24) is 5.32 Å². The predicted octanol–water partition coefficient (Wildman–Crippen LogP) is 3.52. The Labute approximate surface area is 151 Å². The summed E-state index contributed by atoms with van der Waals surface area (Å²) in [6, 6.07) is 15.9. The number of nitrogens with one attached hydrogen (secondary N) is 1. The van der Waals surface area contributed by atoms with Crippen molar-refractivity contribution >= 4 is 17.7 Å². The molecule has 0 unspecified atom stereocenters. The van der Waals surface area contributed by atoms with Gasteiger partial charge in [0.05, 0.1) is 6.61 Å². The molecule has 134 valence electrons. The van der Waals surface area contributed by atoms with Gasteiger partial charge in [0, 0.05) is 11.4 Å². The first-order chi connectivity index (χ1) is 12.2. The number of hydrogen-bond acceptors (Lipinski definition) is 4. The van der Waals surface area contributed by atoms with Crippen molar-refractivity contribution < 1.29 is 18.7 Å². The standard InChI is InChI=1S/C19H22FNO3S/c20-16-7-9-18(10-8-16)25-14-4-11-21-19(22)15-23-12-13-24-17-5-2-1-3-6-17/h1-3,5-10H,4,11-15H2,(H,21,22). The molecule has 0 fully saturated rings. The van der Waals surface area contributed by atoms with Crippen molar-refractivity contribution in [3.05, 3.63) is 60.4 Å². The lowest BCUT2D eigenvalue weighted by Gasteiger charge is -2.08. The van der Waals surface area contributed by atoms with Crippen LogP contribution in [0.15, 0.2) is 59.5 Å². The van der Waals surface area contributed by atoms with Gasteiger partial charge in [-0.05, 0) is 48.6 Å². The van der Waals surface area contributed by atoms with Crippen molar-refractivity contribution in [2.24, 2.45) is 0 Å². The topological polar surface area (TPSA) is 47.6 Å². The van der Waals surface area contributed by atoms with Crippen LogP contribution >= 0.6 is 11.8 Å². The lowest BCUT2D eigenvalue weighted by atomic mass is 10.3. The Morgan fingerprint density at radius 1 is 1.04 bits per heavy atom. The van der Waals surface area contributed by atoms with Crippen LogP contribution in [-0.4, -0.2) is 38.0 Å². The van der Waals surface area contributed by atoms with Crippen LogP contribution in [-0.2, 0) is 9.53 Å². The lowest BCUT2D eigenvalue weighted by molar-refractivity contribution is -0.125. The second-order valence-corrected chi connectivity index (χ2v) is 6.39. The maximum atomic E-state index is 12.8. The highest BCUT2D eigenvalue weighted by molar-refractivity contribution is 7.99. The van der Waals surface area contributed by atoms with Crippen molar-refractivity contribution in [2.45, 2.75) is 11.3 Å². The summed E-state index contributed by atoms with van der Waals surface area (Å²) >= 11 is 1.64. The second kappa shape index (κ2) is 11.5. The van der Waals surface area contributed by atoms with E-state index in [9.17, 15) is 9.18 Å². The molecule has 2 aromatic rings. The summed E-state index contributed by atoms with van der Waals surface area (Å²) in [5.74, 6) is 1.28. The number of thioether (sulfide) groups is 1. The third-order valence-electron chi connectivity index (χ3n) is 3.20. The Bertz CT molecular complexity index is 622. The van der Waals surface area contributed by atoms with Gasteiger partial charge in [-0.2, -0.15) is 0 Å². The molecule has 25 heavy (non-hydrogen) atoms. The summed E-state index contributed by atoms with van der Waals surface area (Å²) in [5.41, 5.74) is 0. The van der Waals surface area contributed by atoms with Gasteiger partial charge in [-0.3, -0.25) is 4.79 Å². The first kappa shape index (κ1) is 19.3. The van der Waals surface area contributed by atoms with Gasteiger partial charge in [-0.15, -0.1) is 11.8 Å². The van der Waals surface area contributed by atoms with E-state index in [0.717, 1.165) is 22.8 Å². The molecule has 0 heterocycles. The van der Waals surface area contributed by atoms with Crippen molar-refractivity contribution in [3.63, 3.8) is 0 Å². The Morgan fingerprint density at radius 3 is 2.56 bits per heavy atom. The van der Waals surface area contributed by atoms with E-state index in [-0.39, 0.29) is 18.3 Å². The van der Waals surface area contributed by atoms with E-state index in [1.807, 2.05) is 30.3 Å². The number of benzene rings is 2. The van der Waals surface area contributed by atoms with E-state index >= 15 is 0 Å². The zero-order chi connectivity index (χ0) is 17.7. The highest BCUT2D eigenvalue weighted by atomic mass is 32.2. The van der Waals surface area contributed by atoms with E-state index in [1.165, 1.54) is 12.1 Å². The smallest absolute Gasteiger partial charge is 0.246 e. The number of rotatable bonds is 11. The van der Waals surface area contributed by atoms with Gasteiger partial charge < -0.3 is 14.8 Å². The van der Waals surface area contributed by atoms with Crippen LogP contribution in [0.1, 0.15) is 6.42 Å². The van der Waals surface area contributed by atoms with Crippen molar-refractivity contribution in [2.75, 3.05) is 32.1 Å². The van der Waals surface area contributed by atoms with Crippen LogP contribution < -0.4 is 10.1 Å². The molecule has 2 rings (SSSR count). The van der Waals surface area contributed by atoms with Crippen molar-refractivity contribution in [3.8, 4) is 5.75 Å². The number of para-hydroxylation sites is 1. The molecule has 0 aliphatic rings. The van der Waals surface area contributed by atoms with Gasteiger partial charge in [0.1, 0.15) is 24.8 Å². The summed E-state index contributed by atoms with van der Waals surface area (Å²) in [5, 5.41) is 2.81. The molecule has 0 saturated carbocycles. The molecule has 0 aliphatic heterocycles. The number of carbonyl (C=O) groups is 1. The molecule has 0 bridgehead atoms. The third-order valence-corrected chi connectivity index (χ3v) is 4.30. The van der Waals surface area contributed by atoms with E-state index in [1.54, 1.807) is 23.9 Å². The molecule has 2 aromatic carbocycles. The largest absolute Gasteiger partial charge is 0.491 e. The molecule has 0 aromatic heterocycles. The summed E-state index contributed by atoms with van der Waals surface area (Å²) in [6.45, 7) is 1.40. The molecule has 0 spiro atoms. The number of ether oxygens (including phenoxy) is 2. The average Bonchev–Trinajstić information content (AvgIpc) is 2.63. The summed E-state index contributed by atoms with van der Waals surface area (Å²) in [4.78, 5) is 12.6. The van der Waals surface area contributed by atoms with E-state index in [4.69, 9.17) is 9.47 Å². The lowest BCUT2D eigenvalue weighted by Crippen LogP contribution is -2.29. The molecular formula is C19H22FNO3S.